The molecule has 65 heavy (non-hydrogen) atoms. The third-order valence-electron chi connectivity index (χ3n) is 13.9. The molecule has 6 nitrogen and oxygen atoms in total. The van der Waals surface area contributed by atoms with Crippen molar-refractivity contribution in [3.63, 3.8) is 0 Å². The van der Waals surface area contributed by atoms with Gasteiger partial charge in [0.2, 0.25) is 0 Å². The molecular weight excluding hydrogens is 805 g/mol. The highest BCUT2D eigenvalue weighted by Gasteiger charge is 2.19. The molecule has 0 saturated heterocycles. The molecule has 0 heterocycles. The third-order valence-corrected chi connectivity index (χ3v) is 13.9. The van der Waals surface area contributed by atoms with Gasteiger partial charge in [-0.3, -0.25) is 14.4 Å². The maximum Gasteiger partial charge on any atom is 0.306 e. The van der Waals surface area contributed by atoms with Crippen LogP contribution in [0.15, 0.2) is 0 Å². The van der Waals surface area contributed by atoms with Crippen LogP contribution in [0.25, 0.3) is 0 Å². The fourth-order valence-corrected chi connectivity index (χ4v) is 9.07. The molecule has 2 atom stereocenters. The lowest BCUT2D eigenvalue weighted by Crippen LogP contribution is -2.30. The molecular formula is C59H114O6. The van der Waals surface area contributed by atoms with Crippen molar-refractivity contribution in [2.75, 3.05) is 13.2 Å². The van der Waals surface area contributed by atoms with E-state index in [2.05, 4.69) is 27.7 Å². The second-order valence-corrected chi connectivity index (χ2v) is 20.5. The van der Waals surface area contributed by atoms with Gasteiger partial charge in [0.15, 0.2) is 6.10 Å². The fraction of sp³-hybridized carbons (Fsp3) is 0.949. The van der Waals surface area contributed by atoms with Crippen LogP contribution in [0.2, 0.25) is 0 Å². The Kier molecular flexibility index (Phi) is 52.1. The Morgan fingerprint density at radius 1 is 0.308 bits per heavy atom. The zero-order valence-electron chi connectivity index (χ0n) is 44.5. The number of carbonyl (C=O) groups is 3. The Labute approximate surface area is 406 Å². The summed E-state index contributed by atoms with van der Waals surface area (Å²) in [6.07, 6.45) is 58.1. The molecule has 0 spiro atoms. The van der Waals surface area contributed by atoms with Crippen LogP contribution in [0.4, 0.5) is 0 Å². The lowest BCUT2D eigenvalue weighted by molar-refractivity contribution is -0.167. The molecule has 0 radical (unpaired) electrons. The van der Waals surface area contributed by atoms with E-state index in [4.69, 9.17) is 14.2 Å². The number of unbranched alkanes of at least 4 members (excludes halogenated alkanes) is 40. The number of hydrogen-bond donors (Lipinski definition) is 0. The summed E-state index contributed by atoms with van der Waals surface area (Å²) in [6.45, 7) is 9.09. The van der Waals surface area contributed by atoms with Gasteiger partial charge in [0.1, 0.15) is 13.2 Å². The quantitative estimate of drug-likeness (QED) is 0.0344. The lowest BCUT2D eigenvalue weighted by atomic mass is 9.99. The average molecular weight is 920 g/mol. The molecule has 0 saturated carbocycles. The molecule has 0 N–H and O–H groups in total. The zero-order valence-corrected chi connectivity index (χ0v) is 44.5. The van der Waals surface area contributed by atoms with Gasteiger partial charge in [-0.2, -0.15) is 0 Å². The average Bonchev–Trinajstić information content (AvgIpc) is 3.30. The third kappa shape index (κ3) is 51.6. The minimum Gasteiger partial charge on any atom is -0.462 e. The number of carbonyl (C=O) groups excluding carboxylic acids is 3. The van der Waals surface area contributed by atoms with Crippen molar-refractivity contribution in [3.05, 3.63) is 0 Å². The fourth-order valence-electron chi connectivity index (χ4n) is 9.07. The molecule has 0 bridgehead atoms. The molecule has 0 aromatic rings. The Morgan fingerprint density at radius 2 is 0.538 bits per heavy atom. The Hall–Kier alpha value is -1.59. The zero-order chi connectivity index (χ0) is 47.4. The molecule has 6 heteroatoms. The molecule has 0 aliphatic carbocycles. The van der Waals surface area contributed by atoms with E-state index in [9.17, 15) is 14.4 Å². The molecule has 0 aromatic carbocycles. The van der Waals surface area contributed by atoms with E-state index in [1.54, 1.807) is 0 Å². The first kappa shape index (κ1) is 63.4. The van der Waals surface area contributed by atoms with E-state index in [0.717, 1.165) is 63.7 Å². The molecule has 0 aliphatic rings. The Morgan fingerprint density at radius 3 is 0.800 bits per heavy atom. The van der Waals surface area contributed by atoms with Crippen molar-refractivity contribution < 1.29 is 28.6 Å². The van der Waals surface area contributed by atoms with Crippen molar-refractivity contribution in [2.24, 2.45) is 5.92 Å². The van der Waals surface area contributed by atoms with Gasteiger partial charge in [-0.1, -0.05) is 297 Å². The predicted octanol–water partition coefficient (Wildman–Crippen LogP) is 19.4. The van der Waals surface area contributed by atoms with Crippen LogP contribution in [0.1, 0.15) is 336 Å². The number of rotatable bonds is 54. The van der Waals surface area contributed by atoms with E-state index in [1.165, 1.54) is 231 Å². The van der Waals surface area contributed by atoms with Gasteiger partial charge >= 0.3 is 17.9 Å². The molecule has 0 aromatic heterocycles. The maximum absolute atomic E-state index is 12.8. The Bertz CT molecular complexity index is 982. The standard InChI is InChI=1S/C59H114O6/c1-5-8-10-12-14-16-17-18-19-25-28-31-35-39-43-47-51-58(61)64-54-56(53-63-57(60)50-46-42-38-33-15-13-11-9-6-2)65-59(62)52-48-44-40-36-32-29-26-23-21-20-22-24-27-30-34-37-41-45-49-55(4)7-3/h55-56H,5-54H2,1-4H3/t55?,56-/m1/s1. The number of ether oxygens (including phenoxy) is 3. The molecule has 0 fully saturated rings. The minimum absolute atomic E-state index is 0.0619. The van der Waals surface area contributed by atoms with Gasteiger partial charge in [0, 0.05) is 19.3 Å². The van der Waals surface area contributed by atoms with Gasteiger partial charge in [-0.15, -0.1) is 0 Å². The van der Waals surface area contributed by atoms with Crippen molar-refractivity contribution in [2.45, 2.75) is 342 Å². The van der Waals surface area contributed by atoms with Crippen LogP contribution < -0.4 is 0 Å². The van der Waals surface area contributed by atoms with Crippen LogP contribution in [0, 0.1) is 5.92 Å². The second-order valence-electron chi connectivity index (χ2n) is 20.5. The molecule has 0 amide bonds. The van der Waals surface area contributed by atoms with E-state index in [-0.39, 0.29) is 31.1 Å². The summed E-state index contributed by atoms with van der Waals surface area (Å²) in [6, 6.07) is 0. The first-order valence-electron chi connectivity index (χ1n) is 29.4. The second kappa shape index (κ2) is 53.4. The predicted molar refractivity (Wildman–Crippen MR) is 280 cm³/mol. The van der Waals surface area contributed by atoms with Crippen molar-refractivity contribution >= 4 is 17.9 Å². The van der Waals surface area contributed by atoms with Crippen molar-refractivity contribution in [1.82, 2.24) is 0 Å². The monoisotopic (exact) mass is 919 g/mol. The first-order valence-corrected chi connectivity index (χ1v) is 29.4. The van der Waals surface area contributed by atoms with E-state index >= 15 is 0 Å². The van der Waals surface area contributed by atoms with Crippen LogP contribution in [-0.4, -0.2) is 37.2 Å². The van der Waals surface area contributed by atoms with E-state index in [0.29, 0.717) is 19.3 Å². The van der Waals surface area contributed by atoms with Crippen LogP contribution >= 0.6 is 0 Å². The highest BCUT2D eigenvalue weighted by Crippen LogP contribution is 2.18. The maximum atomic E-state index is 12.8. The van der Waals surface area contributed by atoms with Gasteiger partial charge in [-0.05, 0) is 25.2 Å². The number of hydrogen-bond acceptors (Lipinski definition) is 6. The van der Waals surface area contributed by atoms with Crippen LogP contribution in [0.3, 0.4) is 0 Å². The van der Waals surface area contributed by atoms with E-state index < -0.39 is 6.10 Å². The van der Waals surface area contributed by atoms with Gasteiger partial charge in [0.25, 0.3) is 0 Å². The summed E-state index contributed by atoms with van der Waals surface area (Å²) in [5.74, 6) is 0.0712. The lowest BCUT2D eigenvalue weighted by Gasteiger charge is -2.18. The summed E-state index contributed by atoms with van der Waals surface area (Å²) in [5, 5.41) is 0. The van der Waals surface area contributed by atoms with Crippen molar-refractivity contribution in [3.8, 4) is 0 Å². The minimum atomic E-state index is -0.761. The summed E-state index contributed by atoms with van der Waals surface area (Å²) in [4.78, 5) is 38.0. The van der Waals surface area contributed by atoms with Crippen LogP contribution in [0.5, 0.6) is 0 Å². The summed E-state index contributed by atoms with van der Waals surface area (Å²) in [5.41, 5.74) is 0. The molecule has 0 aliphatic heterocycles. The Balaban J connectivity index is 4.18. The van der Waals surface area contributed by atoms with Crippen molar-refractivity contribution in [1.29, 1.82) is 0 Å². The highest BCUT2D eigenvalue weighted by molar-refractivity contribution is 5.71. The molecule has 0 rings (SSSR count). The largest absolute Gasteiger partial charge is 0.462 e. The molecule has 1 unspecified atom stereocenters. The summed E-state index contributed by atoms with van der Waals surface area (Å²) >= 11 is 0. The number of esters is 3. The molecule has 386 valence electrons. The summed E-state index contributed by atoms with van der Waals surface area (Å²) in [7, 11) is 0. The van der Waals surface area contributed by atoms with Gasteiger partial charge in [0.05, 0.1) is 0 Å². The normalized spacial score (nSPS) is 12.4. The SMILES string of the molecule is CCCCCCCCCCCCCCCCCCC(=O)OC[C@@H](COC(=O)CCCCCCCCCCC)OC(=O)CCCCCCCCCCCCCCCCCCCCC(C)CC. The van der Waals surface area contributed by atoms with E-state index in [1.807, 2.05) is 0 Å². The first-order chi connectivity index (χ1) is 31.9. The smallest absolute Gasteiger partial charge is 0.306 e. The van der Waals surface area contributed by atoms with Gasteiger partial charge in [-0.25, -0.2) is 0 Å². The summed E-state index contributed by atoms with van der Waals surface area (Å²) < 4.78 is 16.9. The van der Waals surface area contributed by atoms with Crippen LogP contribution in [-0.2, 0) is 28.6 Å². The highest BCUT2D eigenvalue weighted by atomic mass is 16.6. The topological polar surface area (TPSA) is 78.9 Å². The van der Waals surface area contributed by atoms with Gasteiger partial charge < -0.3 is 14.2 Å².